The Bertz CT molecular complexity index is 1360. The number of carbonyl (C=O) groups is 4. The molecule has 0 aliphatic carbocycles. The first-order chi connectivity index (χ1) is 18.9. The average Bonchev–Trinajstić information content (AvgIpc) is 3.06. The molecule has 204 valence electrons. The molecule has 4 amide bonds. The van der Waals surface area contributed by atoms with Crippen LogP contribution in [0.4, 0.5) is 5.69 Å². The molecule has 1 heterocycles. The maximum Gasteiger partial charge on any atom is 0.249 e. The molecule has 4 rings (SSSR count). The lowest BCUT2D eigenvalue weighted by Crippen LogP contribution is -2.50. The third kappa shape index (κ3) is 7.20. The molecule has 0 bridgehead atoms. The Labute approximate surface area is 228 Å². The van der Waals surface area contributed by atoms with Crippen LogP contribution < -0.4 is 26.6 Å². The summed E-state index contributed by atoms with van der Waals surface area (Å²) >= 11 is 0. The van der Waals surface area contributed by atoms with Gasteiger partial charge < -0.3 is 26.6 Å². The first-order valence-corrected chi connectivity index (χ1v) is 13.3. The van der Waals surface area contributed by atoms with Gasteiger partial charge in [0.1, 0.15) is 12.1 Å². The van der Waals surface area contributed by atoms with Crippen molar-refractivity contribution in [3.63, 3.8) is 0 Å². The van der Waals surface area contributed by atoms with E-state index in [0.717, 1.165) is 27.6 Å². The molecule has 2 unspecified atom stereocenters. The van der Waals surface area contributed by atoms with Crippen LogP contribution in [0.25, 0.3) is 10.8 Å². The number of nitrogens with two attached hydrogens (primary N) is 1. The van der Waals surface area contributed by atoms with Gasteiger partial charge in [0.2, 0.25) is 23.6 Å². The topological polar surface area (TPSA) is 134 Å². The molecule has 3 aromatic carbocycles. The standard InChI is InChI=1S/C30H35N5O4/c1-20(36)33-25-13-12-23-7-4-5-9-27(23)35(30(25)39)17-14-28(37)34-26(29(38)32-16-15-31)19-21-10-11-22-6-2-3-8-24(22)18-21/h2-11,18,25-26H,12-17,19,31H2,1H3,(H,32,38)(H,33,36)(H,34,37). The van der Waals surface area contributed by atoms with Crippen molar-refractivity contribution >= 4 is 40.1 Å². The SMILES string of the molecule is CC(=O)NC1CCc2ccccc2N(CCC(=O)NC(Cc2ccc3ccccc3c2)C(=O)NCCN)C1=O. The van der Waals surface area contributed by atoms with Gasteiger partial charge in [-0.05, 0) is 40.8 Å². The molecule has 3 aromatic rings. The lowest BCUT2D eigenvalue weighted by Gasteiger charge is -2.26. The maximum atomic E-state index is 13.4. The largest absolute Gasteiger partial charge is 0.353 e. The molecular formula is C30H35N5O4. The van der Waals surface area contributed by atoms with Gasteiger partial charge in [0.25, 0.3) is 0 Å². The molecular weight excluding hydrogens is 494 g/mol. The lowest BCUT2D eigenvalue weighted by atomic mass is 10.0. The van der Waals surface area contributed by atoms with Crippen LogP contribution in [0, 0.1) is 0 Å². The van der Waals surface area contributed by atoms with Crippen LogP contribution in [-0.4, -0.2) is 55.3 Å². The van der Waals surface area contributed by atoms with Gasteiger partial charge in [-0.1, -0.05) is 60.7 Å². The van der Waals surface area contributed by atoms with Crippen LogP contribution in [0.5, 0.6) is 0 Å². The summed E-state index contributed by atoms with van der Waals surface area (Å²) in [6.07, 6.45) is 1.41. The highest BCUT2D eigenvalue weighted by molar-refractivity contribution is 6.01. The molecule has 1 aliphatic rings. The summed E-state index contributed by atoms with van der Waals surface area (Å²) in [5.74, 6) is -1.20. The molecule has 0 radical (unpaired) electrons. The van der Waals surface area contributed by atoms with E-state index in [4.69, 9.17) is 5.73 Å². The van der Waals surface area contributed by atoms with E-state index in [-0.39, 0.29) is 43.1 Å². The second kappa shape index (κ2) is 13.0. The smallest absolute Gasteiger partial charge is 0.249 e. The molecule has 0 spiro atoms. The number of para-hydroxylation sites is 1. The number of nitrogens with zero attached hydrogens (tertiary/aromatic N) is 1. The third-order valence-electron chi connectivity index (χ3n) is 6.84. The minimum atomic E-state index is -0.801. The van der Waals surface area contributed by atoms with E-state index in [1.807, 2.05) is 66.7 Å². The second-order valence-electron chi connectivity index (χ2n) is 9.75. The Morgan fingerprint density at radius 2 is 1.77 bits per heavy atom. The monoisotopic (exact) mass is 529 g/mol. The van der Waals surface area contributed by atoms with Gasteiger partial charge >= 0.3 is 0 Å². The first kappa shape index (κ1) is 27.8. The van der Waals surface area contributed by atoms with Gasteiger partial charge in [0.15, 0.2) is 0 Å². The number of anilines is 1. The highest BCUT2D eigenvalue weighted by Gasteiger charge is 2.31. The molecule has 1 aliphatic heterocycles. The first-order valence-electron chi connectivity index (χ1n) is 13.3. The maximum absolute atomic E-state index is 13.4. The van der Waals surface area contributed by atoms with Crippen molar-refractivity contribution in [1.82, 2.24) is 16.0 Å². The highest BCUT2D eigenvalue weighted by Crippen LogP contribution is 2.27. The quantitative estimate of drug-likeness (QED) is 0.318. The molecule has 9 heteroatoms. The molecule has 9 nitrogen and oxygen atoms in total. The number of rotatable bonds is 10. The van der Waals surface area contributed by atoms with E-state index in [0.29, 0.717) is 25.8 Å². The minimum absolute atomic E-state index is 0.00868. The molecule has 5 N–H and O–H groups in total. The summed E-state index contributed by atoms with van der Waals surface area (Å²) < 4.78 is 0. The zero-order chi connectivity index (χ0) is 27.8. The van der Waals surface area contributed by atoms with Crippen LogP contribution in [0.3, 0.4) is 0 Å². The summed E-state index contributed by atoms with van der Waals surface area (Å²) in [7, 11) is 0. The minimum Gasteiger partial charge on any atom is -0.353 e. The van der Waals surface area contributed by atoms with Gasteiger partial charge in [-0.25, -0.2) is 0 Å². The van der Waals surface area contributed by atoms with E-state index in [2.05, 4.69) is 16.0 Å². The van der Waals surface area contributed by atoms with Crippen LogP contribution in [-0.2, 0) is 32.0 Å². The molecule has 0 aromatic heterocycles. The highest BCUT2D eigenvalue weighted by atomic mass is 16.2. The van der Waals surface area contributed by atoms with Crippen molar-refractivity contribution in [3.05, 3.63) is 77.9 Å². The van der Waals surface area contributed by atoms with Gasteiger partial charge in [-0.3, -0.25) is 19.2 Å². The third-order valence-corrected chi connectivity index (χ3v) is 6.84. The summed E-state index contributed by atoms with van der Waals surface area (Å²) in [6.45, 7) is 2.08. The van der Waals surface area contributed by atoms with Crippen LogP contribution in [0.15, 0.2) is 66.7 Å². The van der Waals surface area contributed by atoms with E-state index in [1.165, 1.54) is 6.92 Å². The van der Waals surface area contributed by atoms with Crippen LogP contribution in [0.2, 0.25) is 0 Å². The van der Waals surface area contributed by atoms with E-state index >= 15 is 0 Å². The van der Waals surface area contributed by atoms with E-state index < -0.39 is 12.1 Å². The van der Waals surface area contributed by atoms with Gasteiger partial charge in [-0.15, -0.1) is 0 Å². The van der Waals surface area contributed by atoms with E-state index in [9.17, 15) is 19.2 Å². The number of aryl methyl sites for hydroxylation is 1. The molecule has 0 fully saturated rings. The average molecular weight is 530 g/mol. The Kier molecular flexibility index (Phi) is 9.27. The Morgan fingerprint density at radius 3 is 2.54 bits per heavy atom. The zero-order valence-corrected chi connectivity index (χ0v) is 22.1. The lowest BCUT2D eigenvalue weighted by molar-refractivity contribution is -0.129. The number of hydrogen-bond donors (Lipinski definition) is 4. The summed E-state index contributed by atoms with van der Waals surface area (Å²) in [5, 5.41) is 10.5. The number of amides is 4. The zero-order valence-electron chi connectivity index (χ0n) is 22.1. The fraction of sp³-hybridized carbons (Fsp3) is 0.333. The number of benzene rings is 3. The van der Waals surface area contributed by atoms with Crippen LogP contribution >= 0.6 is 0 Å². The van der Waals surface area contributed by atoms with Gasteiger partial charge in [0, 0.05) is 45.1 Å². The predicted molar refractivity (Wildman–Crippen MR) is 151 cm³/mol. The Hall–Kier alpha value is -4.24. The molecule has 2 atom stereocenters. The van der Waals surface area contributed by atoms with Gasteiger partial charge in [-0.2, -0.15) is 0 Å². The fourth-order valence-electron chi connectivity index (χ4n) is 4.93. The number of carbonyl (C=O) groups excluding carboxylic acids is 4. The van der Waals surface area contributed by atoms with Crippen molar-refractivity contribution in [2.75, 3.05) is 24.5 Å². The Morgan fingerprint density at radius 1 is 1.03 bits per heavy atom. The van der Waals surface area contributed by atoms with Gasteiger partial charge in [0.05, 0.1) is 0 Å². The number of nitrogens with one attached hydrogen (secondary N) is 3. The second-order valence-corrected chi connectivity index (χ2v) is 9.75. The summed E-state index contributed by atoms with van der Waals surface area (Å²) in [4.78, 5) is 52.7. The predicted octanol–water partition coefficient (Wildman–Crippen LogP) is 1.82. The molecule has 39 heavy (non-hydrogen) atoms. The van der Waals surface area contributed by atoms with Crippen molar-refractivity contribution < 1.29 is 19.2 Å². The fourth-order valence-corrected chi connectivity index (χ4v) is 4.93. The van der Waals surface area contributed by atoms with Crippen molar-refractivity contribution in [2.45, 2.75) is 44.7 Å². The number of hydrogen-bond acceptors (Lipinski definition) is 5. The summed E-state index contributed by atoms with van der Waals surface area (Å²) in [6, 6.07) is 20.0. The van der Waals surface area contributed by atoms with Crippen molar-refractivity contribution in [3.8, 4) is 0 Å². The number of fused-ring (bicyclic) bond motifs is 2. The normalized spacial score (nSPS) is 15.7. The summed E-state index contributed by atoms with van der Waals surface area (Å²) in [5.41, 5.74) is 8.19. The van der Waals surface area contributed by atoms with Crippen LogP contribution in [0.1, 0.15) is 30.9 Å². The van der Waals surface area contributed by atoms with Crippen molar-refractivity contribution in [2.24, 2.45) is 5.73 Å². The van der Waals surface area contributed by atoms with Crippen molar-refractivity contribution in [1.29, 1.82) is 0 Å². The molecule has 0 saturated heterocycles. The Balaban J connectivity index is 1.48. The molecule has 0 saturated carbocycles. The van der Waals surface area contributed by atoms with E-state index in [1.54, 1.807) is 4.90 Å².